The van der Waals surface area contributed by atoms with Gasteiger partial charge in [0.15, 0.2) is 6.61 Å². The Balaban J connectivity index is 1.87. The second kappa shape index (κ2) is 9.19. The molecule has 2 rings (SSSR count). The zero-order valence-corrected chi connectivity index (χ0v) is 17.8. The molecule has 0 saturated heterocycles. The highest BCUT2D eigenvalue weighted by atomic mass is 32.2. The second-order valence-corrected chi connectivity index (χ2v) is 9.41. The van der Waals surface area contributed by atoms with E-state index in [9.17, 15) is 18.0 Å². The molecule has 2 aromatic carbocycles. The SMILES string of the molecule is Cc1ccc(S(=O)(=O)NCC(=O)OCC(=O)Nc2ccccc2C(C)(C)C)cc1. The largest absolute Gasteiger partial charge is 0.455 e. The molecule has 0 aromatic heterocycles. The number of ether oxygens (including phenoxy) is 1. The van der Waals surface area contributed by atoms with Gasteiger partial charge in [0, 0.05) is 5.69 Å². The van der Waals surface area contributed by atoms with Crippen molar-refractivity contribution in [2.75, 3.05) is 18.5 Å². The summed E-state index contributed by atoms with van der Waals surface area (Å²) in [7, 11) is -3.83. The lowest BCUT2D eigenvalue weighted by molar-refractivity contribution is -0.146. The summed E-state index contributed by atoms with van der Waals surface area (Å²) in [6, 6.07) is 13.6. The number of para-hydroxylation sites is 1. The fraction of sp³-hybridized carbons (Fsp3) is 0.333. The van der Waals surface area contributed by atoms with Crippen molar-refractivity contribution in [3.63, 3.8) is 0 Å². The van der Waals surface area contributed by atoms with Crippen molar-refractivity contribution < 1.29 is 22.7 Å². The standard InChI is InChI=1S/C21H26N2O5S/c1-15-9-11-16(12-10-15)29(26,27)22-13-20(25)28-14-19(24)23-18-8-6-5-7-17(18)21(2,3)4/h5-12,22H,13-14H2,1-4H3,(H,23,24). The average Bonchev–Trinajstić information content (AvgIpc) is 2.65. The quantitative estimate of drug-likeness (QED) is 0.673. The molecule has 0 unspecified atom stereocenters. The summed E-state index contributed by atoms with van der Waals surface area (Å²) in [6.45, 7) is 6.84. The second-order valence-electron chi connectivity index (χ2n) is 7.64. The van der Waals surface area contributed by atoms with E-state index < -0.39 is 35.1 Å². The molecule has 2 aromatic rings. The Bertz CT molecular complexity index is 977. The summed E-state index contributed by atoms with van der Waals surface area (Å²) < 4.78 is 31.4. The van der Waals surface area contributed by atoms with Gasteiger partial charge in [0.25, 0.3) is 5.91 Å². The minimum absolute atomic E-state index is 0.0485. The lowest BCUT2D eigenvalue weighted by atomic mass is 9.86. The molecule has 7 nitrogen and oxygen atoms in total. The van der Waals surface area contributed by atoms with Crippen LogP contribution in [0.25, 0.3) is 0 Å². The predicted octanol–water partition coefficient (Wildman–Crippen LogP) is 2.75. The predicted molar refractivity (Wildman–Crippen MR) is 111 cm³/mol. The maximum absolute atomic E-state index is 12.2. The van der Waals surface area contributed by atoms with Crippen molar-refractivity contribution >= 4 is 27.6 Å². The van der Waals surface area contributed by atoms with Crippen molar-refractivity contribution in [2.45, 2.75) is 38.0 Å². The zero-order chi connectivity index (χ0) is 21.7. The Morgan fingerprint density at radius 2 is 1.62 bits per heavy atom. The van der Waals surface area contributed by atoms with E-state index in [-0.39, 0.29) is 10.3 Å². The average molecular weight is 419 g/mol. The molecule has 0 aliphatic heterocycles. The molecule has 0 saturated carbocycles. The number of hydrogen-bond acceptors (Lipinski definition) is 5. The topological polar surface area (TPSA) is 102 Å². The molecule has 0 aliphatic rings. The van der Waals surface area contributed by atoms with E-state index in [1.165, 1.54) is 12.1 Å². The van der Waals surface area contributed by atoms with E-state index in [0.717, 1.165) is 11.1 Å². The number of sulfonamides is 1. The lowest BCUT2D eigenvalue weighted by Crippen LogP contribution is -2.32. The van der Waals surface area contributed by atoms with E-state index in [0.29, 0.717) is 5.69 Å². The van der Waals surface area contributed by atoms with Crippen LogP contribution in [0.2, 0.25) is 0 Å². The fourth-order valence-corrected chi connectivity index (χ4v) is 3.55. The molecule has 0 heterocycles. The van der Waals surface area contributed by atoms with Crippen molar-refractivity contribution in [2.24, 2.45) is 0 Å². The van der Waals surface area contributed by atoms with Crippen molar-refractivity contribution in [3.8, 4) is 0 Å². The number of benzene rings is 2. The summed E-state index contributed by atoms with van der Waals surface area (Å²) in [5, 5.41) is 2.72. The Labute approximate surface area is 171 Å². The highest BCUT2D eigenvalue weighted by molar-refractivity contribution is 7.89. The zero-order valence-electron chi connectivity index (χ0n) is 17.0. The van der Waals surface area contributed by atoms with Gasteiger partial charge in [-0.2, -0.15) is 4.72 Å². The fourth-order valence-electron chi connectivity index (χ4n) is 2.58. The molecule has 156 valence electrons. The summed E-state index contributed by atoms with van der Waals surface area (Å²) in [6.07, 6.45) is 0. The van der Waals surface area contributed by atoms with Crippen molar-refractivity contribution in [1.29, 1.82) is 0 Å². The molecule has 8 heteroatoms. The Morgan fingerprint density at radius 1 is 1.00 bits per heavy atom. The first-order valence-corrected chi connectivity index (χ1v) is 10.6. The minimum Gasteiger partial charge on any atom is -0.455 e. The van der Waals surface area contributed by atoms with E-state index >= 15 is 0 Å². The number of hydrogen-bond donors (Lipinski definition) is 2. The van der Waals surface area contributed by atoms with Crippen LogP contribution >= 0.6 is 0 Å². The van der Waals surface area contributed by atoms with Gasteiger partial charge in [-0.3, -0.25) is 9.59 Å². The number of rotatable bonds is 7. The first kappa shape index (κ1) is 22.6. The number of anilines is 1. The first-order chi connectivity index (χ1) is 13.5. The number of esters is 1. The maximum atomic E-state index is 12.2. The molecular weight excluding hydrogens is 392 g/mol. The third kappa shape index (κ3) is 6.69. The van der Waals surface area contributed by atoms with Crippen LogP contribution in [0.5, 0.6) is 0 Å². The summed E-state index contributed by atoms with van der Waals surface area (Å²) in [5.41, 5.74) is 2.34. The van der Waals surface area contributed by atoms with Gasteiger partial charge in [0.05, 0.1) is 4.90 Å². The van der Waals surface area contributed by atoms with E-state index in [2.05, 4.69) is 10.0 Å². The molecule has 0 radical (unpaired) electrons. The van der Waals surface area contributed by atoms with Gasteiger partial charge in [-0.1, -0.05) is 56.7 Å². The molecule has 0 aliphatic carbocycles. The van der Waals surface area contributed by atoms with Gasteiger partial charge in [-0.05, 0) is 36.1 Å². The molecule has 0 fully saturated rings. The smallest absolute Gasteiger partial charge is 0.321 e. The van der Waals surface area contributed by atoms with Crippen LogP contribution in [0.4, 0.5) is 5.69 Å². The van der Waals surface area contributed by atoms with Gasteiger partial charge in [0.1, 0.15) is 6.54 Å². The monoisotopic (exact) mass is 418 g/mol. The van der Waals surface area contributed by atoms with Crippen molar-refractivity contribution in [1.82, 2.24) is 4.72 Å². The highest BCUT2D eigenvalue weighted by Crippen LogP contribution is 2.29. The van der Waals surface area contributed by atoms with Gasteiger partial charge < -0.3 is 10.1 Å². The first-order valence-electron chi connectivity index (χ1n) is 9.10. The van der Waals surface area contributed by atoms with Crippen LogP contribution < -0.4 is 10.0 Å². The number of amides is 1. The van der Waals surface area contributed by atoms with Crippen LogP contribution in [-0.4, -0.2) is 33.4 Å². The van der Waals surface area contributed by atoms with E-state index in [1.54, 1.807) is 24.3 Å². The van der Waals surface area contributed by atoms with Crippen molar-refractivity contribution in [3.05, 3.63) is 59.7 Å². The van der Waals surface area contributed by atoms with Crippen LogP contribution in [0.15, 0.2) is 53.4 Å². The third-order valence-electron chi connectivity index (χ3n) is 4.11. The molecule has 29 heavy (non-hydrogen) atoms. The molecule has 0 bridgehead atoms. The Kier molecular flexibility index (Phi) is 7.16. The third-order valence-corrected chi connectivity index (χ3v) is 5.53. The number of nitrogens with one attached hydrogen (secondary N) is 2. The maximum Gasteiger partial charge on any atom is 0.321 e. The van der Waals surface area contributed by atoms with E-state index in [1.807, 2.05) is 39.8 Å². The minimum atomic E-state index is -3.83. The van der Waals surface area contributed by atoms with Gasteiger partial charge >= 0.3 is 5.97 Å². The number of carbonyl (C=O) groups is 2. The van der Waals surface area contributed by atoms with Gasteiger partial charge in [-0.25, -0.2) is 8.42 Å². The Hall–Kier alpha value is -2.71. The molecule has 2 N–H and O–H groups in total. The van der Waals surface area contributed by atoms with Crippen LogP contribution in [0.3, 0.4) is 0 Å². The number of aryl methyl sites for hydroxylation is 1. The van der Waals surface area contributed by atoms with Crippen LogP contribution in [0, 0.1) is 6.92 Å². The molecule has 1 amide bonds. The Morgan fingerprint density at radius 3 is 2.24 bits per heavy atom. The van der Waals surface area contributed by atoms with Crippen LogP contribution in [0.1, 0.15) is 31.9 Å². The van der Waals surface area contributed by atoms with Gasteiger partial charge in [-0.15, -0.1) is 0 Å². The molecular formula is C21H26N2O5S. The van der Waals surface area contributed by atoms with Crippen LogP contribution in [-0.2, 0) is 29.8 Å². The highest BCUT2D eigenvalue weighted by Gasteiger charge is 2.19. The van der Waals surface area contributed by atoms with Gasteiger partial charge in [0.2, 0.25) is 10.0 Å². The summed E-state index contributed by atoms with van der Waals surface area (Å²) in [5.74, 6) is -1.35. The number of carbonyl (C=O) groups excluding carboxylic acids is 2. The lowest BCUT2D eigenvalue weighted by Gasteiger charge is -2.22. The summed E-state index contributed by atoms with van der Waals surface area (Å²) >= 11 is 0. The normalized spacial score (nSPS) is 11.7. The molecule has 0 atom stereocenters. The molecule has 0 spiro atoms. The van der Waals surface area contributed by atoms with E-state index in [4.69, 9.17) is 4.74 Å². The summed E-state index contributed by atoms with van der Waals surface area (Å²) in [4.78, 5) is 24.0.